The van der Waals surface area contributed by atoms with Gasteiger partial charge in [0, 0.05) is 16.9 Å². The highest BCUT2D eigenvalue weighted by Gasteiger charge is 2.15. The topological polar surface area (TPSA) is 67.4 Å². The molecular formula is C28H32N2O3. The van der Waals surface area contributed by atoms with Gasteiger partial charge >= 0.3 is 0 Å². The van der Waals surface area contributed by atoms with Crippen molar-refractivity contribution in [3.8, 4) is 5.75 Å². The number of ether oxygens (including phenoxy) is 1. The minimum absolute atomic E-state index is 0.0299. The maximum absolute atomic E-state index is 12.6. The van der Waals surface area contributed by atoms with Crippen molar-refractivity contribution in [3.05, 3.63) is 88.5 Å². The molecule has 0 spiro atoms. The molecule has 0 aromatic heterocycles. The number of benzene rings is 3. The standard InChI is InChI=1S/C28H32N2O3/c1-18-14-19(2)20(3)25(15-18)33-17-26(31)29-23-8-7-9-24(16-23)30-27(32)21-10-12-22(13-11-21)28(4,5)6/h7-16H,17H2,1-6H3,(H,29,31)(H,30,32). The van der Waals surface area contributed by atoms with Crippen LogP contribution in [0.5, 0.6) is 5.75 Å². The van der Waals surface area contributed by atoms with Crippen molar-refractivity contribution in [3.63, 3.8) is 0 Å². The lowest BCUT2D eigenvalue weighted by Gasteiger charge is -2.19. The Bertz CT molecular complexity index is 1160. The predicted molar refractivity (Wildman–Crippen MR) is 134 cm³/mol. The van der Waals surface area contributed by atoms with Crippen LogP contribution in [0, 0.1) is 20.8 Å². The van der Waals surface area contributed by atoms with Gasteiger partial charge in [0.05, 0.1) is 0 Å². The Kier molecular flexibility index (Phi) is 7.22. The number of hydrogen-bond acceptors (Lipinski definition) is 3. The minimum Gasteiger partial charge on any atom is -0.483 e. The van der Waals surface area contributed by atoms with E-state index in [2.05, 4.69) is 37.5 Å². The van der Waals surface area contributed by atoms with Crippen LogP contribution in [0.2, 0.25) is 0 Å². The van der Waals surface area contributed by atoms with Gasteiger partial charge in [0.1, 0.15) is 5.75 Å². The number of carbonyl (C=O) groups is 2. The molecule has 0 saturated carbocycles. The summed E-state index contributed by atoms with van der Waals surface area (Å²) in [5.74, 6) is 0.239. The first-order chi connectivity index (χ1) is 15.5. The fourth-order valence-corrected chi connectivity index (χ4v) is 3.49. The molecule has 0 aliphatic rings. The second-order valence-electron chi connectivity index (χ2n) is 9.40. The maximum atomic E-state index is 12.6. The van der Waals surface area contributed by atoms with Gasteiger partial charge in [-0.1, -0.05) is 45.0 Å². The maximum Gasteiger partial charge on any atom is 0.262 e. The van der Waals surface area contributed by atoms with Crippen LogP contribution >= 0.6 is 0 Å². The van der Waals surface area contributed by atoms with Gasteiger partial charge in [0.15, 0.2) is 6.61 Å². The molecule has 0 bridgehead atoms. The molecular weight excluding hydrogens is 412 g/mol. The van der Waals surface area contributed by atoms with Crippen molar-refractivity contribution >= 4 is 23.2 Å². The smallest absolute Gasteiger partial charge is 0.262 e. The monoisotopic (exact) mass is 444 g/mol. The number of nitrogens with one attached hydrogen (secondary N) is 2. The molecule has 5 nitrogen and oxygen atoms in total. The van der Waals surface area contributed by atoms with E-state index in [1.165, 1.54) is 5.56 Å². The molecule has 0 saturated heterocycles. The summed E-state index contributed by atoms with van der Waals surface area (Å²) >= 11 is 0. The lowest BCUT2D eigenvalue weighted by Crippen LogP contribution is -2.20. The summed E-state index contributed by atoms with van der Waals surface area (Å²) in [6, 6.07) is 18.7. The summed E-state index contributed by atoms with van der Waals surface area (Å²) in [7, 11) is 0. The predicted octanol–water partition coefficient (Wildman–Crippen LogP) is 6.18. The Balaban J connectivity index is 1.60. The lowest BCUT2D eigenvalue weighted by atomic mass is 9.87. The first-order valence-electron chi connectivity index (χ1n) is 11.1. The summed E-state index contributed by atoms with van der Waals surface area (Å²) in [6.07, 6.45) is 0. The van der Waals surface area contributed by atoms with E-state index in [9.17, 15) is 9.59 Å². The second kappa shape index (κ2) is 9.90. The molecule has 0 unspecified atom stereocenters. The van der Waals surface area contributed by atoms with Gasteiger partial charge in [-0.15, -0.1) is 0 Å². The Morgan fingerprint density at radius 1 is 0.848 bits per heavy atom. The Labute approximate surface area is 196 Å². The van der Waals surface area contributed by atoms with E-state index in [0.29, 0.717) is 22.7 Å². The highest BCUT2D eigenvalue weighted by atomic mass is 16.5. The Morgan fingerprint density at radius 3 is 2.12 bits per heavy atom. The quantitative estimate of drug-likeness (QED) is 0.477. The summed E-state index contributed by atoms with van der Waals surface area (Å²) < 4.78 is 5.74. The summed E-state index contributed by atoms with van der Waals surface area (Å²) in [6.45, 7) is 12.3. The molecule has 5 heteroatoms. The van der Waals surface area contributed by atoms with Crippen molar-refractivity contribution in [2.45, 2.75) is 47.0 Å². The van der Waals surface area contributed by atoms with Crippen molar-refractivity contribution in [1.29, 1.82) is 0 Å². The van der Waals surface area contributed by atoms with Gasteiger partial charge < -0.3 is 15.4 Å². The molecule has 3 aromatic rings. The van der Waals surface area contributed by atoms with E-state index >= 15 is 0 Å². The molecule has 0 radical (unpaired) electrons. The number of carbonyl (C=O) groups excluding carboxylic acids is 2. The van der Waals surface area contributed by atoms with Crippen LogP contribution in [0.15, 0.2) is 60.7 Å². The van der Waals surface area contributed by atoms with Gasteiger partial charge in [0.2, 0.25) is 0 Å². The Hall–Kier alpha value is -3.60. The molecule has 172 valence electrons. The van der Waals surface area contributed by atoms with Gasteiger partial charge in [-0.3, -0.25) is 9.59 Å². The first-order valence-corrected chi connectivity index (χ1v) is 11.1. The third-order valence-corrected chi connectivity index (χ3v) is 5.54. The van der Waals surface area contributed by atoms with E-state index < -0.39 is 0 Å². The molecule has 2 amide bonds. The van der Waals surface area contributed by atoms with Crippen LogP contribution < -0.4 is 15.4 Å². The van der Waals surface area contributed by atoms with E-state index in [1.807, 2.05) is 51.1 Å². The van der Waals surface area contributed by atoms with Crippen LogP contribution in [-0.2, 0) is 10.2 Å². The first kappa shape index (κ1) is 24.1. The third-order valence-electron chi connectivity index (χ3n) is 5.54. The number of hydrogen-bond donors (Lipinski definition) is 2. The van der Waals surface area contributed by atoms with Crippen LogP contribution in [-0.4, -0.2) is 18.4 Å². The van der Waals surface area contributed by atoms with Crippen LogP contribution in [0.3, 0.4) is 0 Å². The SMILES string of the molecule is Cc1cc(C)c(C)c(OCC(=O)Nc2cccc(NC(=O)c3ccc(C(C)(C)C)cc3)c2)c1. The third kappa shape index (κ3) is 6.45. The zero-order valence-electron chi connectivity index (χ0n) is 20.2. The molecule has 0 atom stereocenters. The molecule has 0 aliphatic heterocycles. The summed E-state index contributed by atoms with van der Waals surface area (Å²) in [5.41, 5.74) is 6.20. The normalized spacial score (nSPS) is 11.1. The number of amides is 2. The van der Waals surface area contributed by atoms with Gasteiger partial charge in [-0.05, 0) is 84.8 Å². The van der Waals surface area contributed by atoms with E-state index in [4.69, 9.17) is 4.74 Å². The highest BCUT2D eigenvalue weighted by molar-refractivity contribution is 6.04. The molecule has 3 aromatic carbocycles. The average Bonchev–Trinajstić information content (AvgIpc) is 2.75. The lowest BCUT2D eigenvalue weighted by molar-refractivity contribution is -0.118. The number of anilines is 2. The largest absolute Gasteiger partial charge is 0.483 e. The fourth-order valence-electron chi connectivity index (χ4n) is 3.49. The highest BCUT2D eigenvalue weighted by Crippen LogP contribution is 2.24. The van der Waals surface area contributed by atoms with E-state index in [1.54, 1.807) is 24.3 Å². The van der Waals surface area contributed by atoms with Gasteiger partial charge in [-0.25, -0.2) is 0 Å². The zero-order chi connectivity index (χ0) is 24.2. The van der Waals surface area contributed by atoms with Gasteiger partial charge in [-0.2, -0.15) is 0 Å². The zero-order valence-corrected chi connectivity index (χ0v) is 20.2. The average molecular weight is 445 g/mol. The molecule has 33 heavy (non-hydrogen) atoms. The van der Waals surface area contributed by atoms with Crippen molar-refractivity contribution in [2.24, 2.45) is 0 Å². The molecule has 3 rings (SSSR count). The Morgan fingerprint density at radius 2 is 1.48 bits per heavy atom. The van der Waals surface area contributed by atoms with Crippen molar-refractivity contribution < 1.29 is 14.3 Å². The minimum atomic E-state index is -0.269. The van der Waals surface area contributed by atoms with Crippen molar-refractivity contribution in [2.75, 3.05) is 17.2 Å². The van der Waals surface area contributed by atoms with Crippen LogP contribution in [0.4, 0.5) is 11.4 Å². The van der Waals surface area contributed by atoms with Gasteiger partial charge in [0.25, 0.3) is 11.8 Å². The second-order valence-corrected chi connectivity index (χ2v) is 9.40. The van der Waals surface area contributed by atoms with Crippen molar-refractivity contribution in [1.82, 2.24) is 0 Å². The molecule has 0 fully saturated rings. The molecule has 0 aliphatic carbocycles. The number of rotatable bonds is 6. The van der Waals surface area contributed by atoms with E-state index in [0.717, 1.165) is 16.7 Å². The van der Waals surface area contributed by atoms with Crippen LogP contribution in [0.25, 0.3) is 0 Å². The summed E-state index contributed by atoms with van der Waals surface area (Å²) in [5, 5.41) is 5.71. The van der Waals surface area contributed by atoms with E-state index in [-0.39, 0.29) is 23.8 Å². The molecule has 0 heterocycles. The van der Waals surface area contributed by atoms with Crippen LogP contribution in [0.1, 0.15) is 53.4 Å². The summed E-state index contributed by atoms with van der Waals surface area (Å²) in [4.78, 5) is 25.0. The fraction of sp³-hybridized carbons (Fsp3) is 0.286. The molecule has 2 N–H and O–H groups in total. The number of aryl methyl sites for hydroxylation is 2.